The van der Waals surface area contributed by atoms with Crippen molar-refractivity contribution < 1.29 is 28.6 Å². The molecule has 0 fully saturated rings. The van der Waals surface area contributed by atoms with Gasteiger partial charge in [-0.05, 0) is 116 Å². The van der Waals surface area contributed by atoms with Crippen molar-refractivity contribution in [2.24, 2.45) is 0 Å². The van der Waals surface area contributed by atoms with E-state index in [2.05, 4.69) is 130 Å². The minimum Gasteiger partial charge on any atom is -0.462 e. The van der Waals surface area contributed by atoms with E-state index in [0.717, 1.165) is 116 Å². The predicted molar refractivity (Wildman–Crippen MR) is 274 cm³/mol. The van der Waals surface area contributed by atoms with Crippen molar-refractivity contribution in [2.45, 2.75) is 226 Å². The van der Waals surface area contributed by atoms with Crippen molar-refractivity contribution in [1.29, 1.82) is 0 Å². The van der Waals surface area contributed by atoms with Crippen molar-refractivity contribution in [3.63, 3.8) is 0 Å². The third-order valence-electron chi connectivity index (χ3n) is 10.5. The molecule has 0 aromatic rings. The second-order valence-electron chi connectivity index (χ2n) is 16.7. The van der Waals surface area contributed by atoms with Crippen LogP contribution in [0.4, 0.5) is 0 Å². The number of carbonyl (C=O) groups excluding carboxylic acids is 3. The first kappa shape index (κ1) is 60.1. The fraction of sp³-hybridized carbons (Fsp3) is 0.638. The Balaban J connectivity index is 4.51. The van der Waals surface area contributed by atoms with Crippen LogP contribution in [-0.4, -0.2) is 37.2 Å². The summed E-state index contributed by atoms with van der Waals surface area (Å²) in [6.45, 7) is 6.37. The standard InChI is InChI=1S/C58H94O6/c1-4-7-10-13-16-19-22-24-26-28-29-31-32-34-36-39-42-45-48-51-57(60)63-54-55(53-62-56(59)50-47-44-41-38-21-18-15-12-9-6-3)64-58(61)52-49-46-43-40-37-35-33-30-27-25-23-20-17-14-11-8-5-2/h7,10,15-16,18-19,24-27,29,31,33-36,40,43,55H,4-6,8-9,11-14,17,20-23,28,30,32,37-39,41-42,44-54H2,1-3H3/b10-7-,18-15-,19-16-,26-24-,27-25-,31-29-,35-33-,36-34-,43-40-. The SMILES string of the molecule is CC/C=C\C/C=C\C/C=C\C/C=C\C/C=C\CCCCCC(=O)OCC(COC(=O)CCCCCC/C=C\CCCC)OC(=O)CCC/C=C\C/C=C\C/C=C\CCCCCCCC. The maximum Gasteiger partial charge on any atom is 0.306 e. The van der Waals surface area contributed by atoms with Crippen molar-refractivity contribution in [3.05, 3.63) is 109 Å². The lowest BCUT2D eigenvalue weighted by atomic mass is 10.1. The third kappa shape index (κ3) is 49.1. The number of carbonyl (C=O) groups is 3. The summed E-state index contributed by atoms with van der Waals surface area (Å²) in [6, 6.07) is 0. The molecule has 6 nitrogen and oxygen atoms in total. The van der Waals surface area contributed by atoms with Gasteiger partial charge in [0.25, 0.3) is 0 Å². The molecule has 1 unspecified atom stereocenters. The molecule has 362 valence electrons. The summed E-state index contributed by atoms with van der Waals surface area (Å²) in [5.74, 6) is -1.02. The molecule has 0 aliphatic rings. The second kappa shape index (κ2) is 51.7. The predicted octanol–water partition coefficient (Wildman–Crippen LogP) is 17.1. The minimum absolute atomic E-state index is 0.117. The van der Waals surface area contributed by atoms with E-state index in [9.17, 15) is 14.4 Å². The molecule has 0 N–H and O–H groups in total. The molecular weight excluding hydrogens is 793 g/mol. The summed E-state index contributed by atoms with van der Waals surface area (Å²) in [5.41, 5.74) is 0. The molecule has 0 rings (SSSR count). The van der Waals surface area contributed by atoms with Gasteiger partial charge in [0.2, 0.25) is 0 Å². The van der Waals surface area contributed by atoms with Gasteiger partial charge >= 0.3 is 17.9 Å². The molecule has 0 aromatic carbocycles. The molecule has 0 saturated carbocycles. The zero-order chi connectivity index (χ0) is 46.5. The molecule has 0 radical (unpaired) electrons. The van der Waals surface area contributed by atoms with Gasteiger partial charge in [0, 0.05) is 19.3 Å². The minimum atomic E-state index is -0.823. The summed E-state index contributed by atoms with van der Waals surface area (Å²) in [5, 5.41) is 0. The first-order valence-corrected chi connectivity index (χ1v) is 25.9. The number of rotatable bonds is 45. The number of unbranched alkanes of at least 4 members (excludes halogenated alkanes) is 16. The second-order valence-corrected chi connectivity index (χ2v) is 16.7. The van der Waals surface area contributed by atoms with Gasteiger partial charge in [-0.2, -0.15) is 0 Å². The zero-order valence-electron chi connectivity index (χ0n) is 41.3. The smallest absolute Gasteiger partial charge is 0.306 e. The molecule has 1 atom stereocenters. The van der Waals surface area contributed by atoms with Gasteiger partial charge in [-0.15, -0.1) is 0 Å². The third-order valence-corrected chi connectivity index (χ3v) is 10.5. The van der Waals surface area contributed by atoms with Gasteiger partial charge < -0.3 is 14.2 Å². The summed E-state index contributed by atoms with van der Waals surface area (Å²) in [4.78, 5) is 37.9. The van der Waals surface area contributed by atoms with Gasteiger partial charge in [-0.3, -0.25) is 14.4 Å². The Bertz CT molecular complexity index is 1340. The van der Waals surface area contributed by atoms with Crippen LogP contribution in [0.3, 0.4) is 0 Å². The molecule has 0 saturated heterocycles. The number of esters is 3. The van der Waals surface area contributed by atoms with Crippen LogP contribution in [0.2, 0.25) is 0 Å². The van der Waals surface area contributed by atoms with E-state index in [1.54, 1.807) is 0 Å². The Morgan fingerprint density at radius 3 is 1.08 bits per heavy atom. The van der Waals surface area contributed by atoms with Crippen LogP contribution in [0.1, 0.15) is 220 Å². The molecule has 0 aromatic heterocycles. The van der Waals surface area contributed by atoms with Crippen LogP contribution >= 0.6 is 0 Å². The molecular formula is C58H94O6. The first-order chi connectivity index (χ1) is 31.5. The van der Waals surface area contributed by atoms with E-state index in [1.807, 2.05) is 0 Å². The average molecular weight is 887 g/mol. The Hall–Kier alpha value is -3.93. The molecule has 0 spiro atoms. The molecule has 0 aliphatic heterocycles. The Morgan fingerprint density at radius 1 is 0.328 bits per heavy atom. The summed E-state index contributed by atoms with van der Waals surface area (Å²) < 4.78 is 16.7. The highest BCUT2D eigenvalue weighted by Gasteiger charge is 2.19. The lowest BCUT2D eigenvalue weighted by Crippen LogP contribution is -2.30. The Kier molecular flexibility index (Phi) is 48.5. The highest BCUT2D eigenvalue weighted by molar-refractivity contribution is 5.71. The highest BCUT2D eigenvalue weighted by atomic mass is 16.6. The van der Waals surface area contributed by atoms with Gasteiger partial charge in [0.1, 0.15) is 13.2 Å². The highest BCUT2D eigenvalue weighted by Crippen LogP contribution is 2.11. The fourth-order valence-corrected chi connectivity index (χ4v) is 6.58. The van der Waals surface area contributed by atoms with Gasteiger partial charge in [0.15, 0.2) is 6.10 Å². The van der Waals surface area contributed by atoms with Crippen LogP contribution in [0.15, 0.2) is 109 Å². The maximum absolute atomic E-state index is 12.8. The van der Waals surface area contributed by atoms with Crippen LogP contribution in [0.25, 0.3) is 0 Å². The van der Waals surface area contributed by atoms with E-state index in [4.69, 9.17) is 14.2 Å². The zero-order valence-corrected chi connectivity index (χ0v) is 41.3. The van der Waals surface area contributed by atoms with Crippen LogP contribution in [0.5, 0.6) is 0 Å². The number of hydrogen-bond donors (Lipinski definition) is 0. The molecule has 0 bridgehead atoms. The summed E-state index contributed by atoms with van der Waals surface area (Å²) in [7, 11) is 0. The lowest BCUT2D eigenvalue weighted by Gasteiger charge is -2.18. The average Bonchev–Trinajstić information content (AvgIpc) is 3.29. The van der Waals surface area contributed by atoms with Crippen molar-refractivity contribution in [2.75, 3.05) is 13.2 Å². The van der Waals surface area contributed by atoms with Gasteiger partial charge in [0.05, 0.1) is 0 Å². The van der Waals surface area contributed by atoms with Crippen LogP contribution < -0.4 is 0 Å². The van der Waals surface area contributed by atoms with Crippen LogP contribution in [-0.2, 0) is 28.6 Å². The topological polar surface area (TPSA) is 78.9 Å². The van der Waals surface area contributed by atoms with Gasteiger partial charge in [-0.1, -0.05) is 194 Å². The molecule has 6 heteroatoms. The fourth-order valence-electron chi connectivity index (χ4n) is 6.58. The monoisotopic (exact) mass is 887 g/mol. The summed E-state index contributed by atoms with van der Waals surface area (Å²) in [6.07, 6.45) is 69.4. The normalized spacial score (nSPS) is 13.0. The van der Waals surface area contributed by atoms with E-state index in [0.29, 0.717) is 19.3 Å². The van der Waals surface area contributed by atoms with Crippen molar-refractivity contribution in [1.82, 2.24) is 0 Å². The largest absolute Gasteiger partial charge is 0.462 e. The Labute approximate surface area is 393 Å². The molecule has 64 heavy (non-hydrogen) atoms. The van der Waals surface area contributed by atoms with Crippen molar-refractivity contribution >= 4 is 17.9 Å². The van der Waals surface area contributed by atoms with Crippen molar-refractivity contribution in [3.8, 4) is 0 Å². The maximum atomic E-state index is 12.8. The van der Waals surface area contributed by atoms with E-state index >= 15 is 0 Å². The van der Waals surface area contributed by atoms with E-state index in [1.165, 1.54) is 57.8 Å². The number of allylic oxidation sites excluding steroid dienone is 18. The quantitative estimate of drug-likeness (QED) is 0.0262. The van der Waals surface area contributed by atoms with Crippen LogP contribution in [0, 0.1) is 0 Å². The van der Waals surface area contributed by atoms with Gasteiger partial charge in [-0.25, -0.2) is 0 Å². The number of hydrogen-bond acceptors (Lipinski definition) is 6. The lowest BCUT2D eigenvalue weighted by molar-refractivity contribution is -0.167. The first-order valence-electron chi connectivity index (χ1n) is 25.9. The summed E-state index contributed by atoms with van der Waals surface area (Å²) >= 11 is 0. The number of ether oxygens (including phenoxy) is 3. The Morgan fingerprint density at radius 2 is 0.641 bits per heavy atom. The van der Waals surface area contributed by atoms with E-state index in [-0.39, 0.29) is 37.5 Å². The van der Waals surface area contributed by atoms with E-state index < -0.39 is 6.10 Å². The molecule has 0 aliphatic carbocycles. The molecule has 0 heterocycles. The molecule has 0 amide bonds.